The summed E-state index contributed by atoms with van der Waals surface area (Å²) in [6, 6.07) is 12.3. The smallest absolute Gasteiger partial charge is 0.342 e. The van der Waals surface area contributed by atoms with E-state index in [1.807, 2.05) is 24.3 Å². The summed E-state index contributed by atoms with van der Waals surface area (Å²) in [5, 5.41) is 2.73. The van der Waals surface area contributed by atoms with Gasteiger partial charge in [-0.25, -0.2) is 4.79 Å². The zero-order chi connectivity index (χ0) is 19.1. The fourth-order valence-corrected chi connectivity index (χ4v) is 2.32. The predicted molar refractivity (Wildman–Crippen MR) is 98.9 cm³/mol. The third-order valence-corrected chi connectivity index (χ3v) is 3.91. The topological polar surface area (TPSA) is 73.9 Å². The number of benzene rings is 2. The van der Waals surface area contributed by atoms with Crippen LogP contribution in [0.5, 0.6) is 11.5 Å². The van der Waals surface area contributed by atoms with Crippen LogP contribution in [0.2, 0.25) is 0 Å². The normalized spacial score (nSPS) is 11.4. The van der Waals surface area contributed by atoms with Crippen molar-refractivity contribution in [2.45, 2.75) is 26.4 Å². The van der Waals surface area contributed by atoms with Crippen LogP contribution in [0.25, 0.3) is 0 Å². The summed E-state index contributed by atoms with van der Waals surface area (Å²) >= 11 is 0. The molecule has 0 bridgehead atoms. The highest BCUT2D eigenvalue weighted by Crippen LogP contribution is 2.25. The Kier molecular flexibility index (Phi) is 6.60. The maximum absolute atomic E-state index is 12.4. The zero-order valence-corrected chi connectivity index (χ0v) is 15.4. The van der Waals surface area contributed by atoms with E-state index in [0.717, 1.165) is 6.42 Å². The Balaban J connectivity index is 2.04. The summed E-state index contributed by atoms with van der Waals surface area (Å²) in [4.78, 5) is 24.7. The van der Waals surface area contributed by atoms with E-state index in [2.05, 4.69) is 12.2 Å². The van der Waals surface area contributed by atoms with Gasteiger partial charge in [0.25, 0.3) is 5.91 Å². The number of hydrogen-bond donors (Lipinski definition) is 1. The summed E-state index contributed by atoms with van der Waals surface area (Å²) in [5.74, 6) is -0.237. The van der Waals surface area contributed by atoms with Crippen molar-refractivity contribution < 1.29 is 23.8 Å². The first-order valence-electron chi connectivity index (χ1n) is 8.31. The molecule has 138 valence electrons. The van der Waals surface area contributed by atoms with Crippen LogP contribution in [0.15, 0.2) is 42.5 Å². The van der Waals surface area contributed by atoms with Crippen LogP contribution in [0.1, 0.15) is 29.8 Å². The van der Waals surface area contributed by atoms with Gasteiger partial charge in [-0.1, -0.05) is 19.1 Å². The van der Waals surface area contributed by atoms with Crippen molar-refractivity contribution in [2.75, 3.05) is 19.5 Å². The average Bonchev–Trinajstić information content (AvgIpc) is 2.67. The summed E-state index contributed by atoms with van der Waals surface area (Å²) in [7, 11) is 2.95. The van der Waals surface area contributed by atoms with Crippen molar-refractivity contribution in [1.82, 2.24) is 0 Å². The summed E-state index contributed by atoms with van der Waals surface area (Å²) in [5.41, 5.74) is 2.01. The second-order valence-corrected chi connectivity index (χ2v) is 5.65. The molecule has 2 aromatic carbocycles. The third-order valence-electron chi connectivity index (χ3n) is 3.91. The molecule has 0 aliphatic rings. The monoisotopic (exact) mass is 357 g/mol. The van der Waals surface area contributed by atoms with Crippen molar-refractivity contribution in [2.24, 2.45) is 0 Å². The van der Waals surface area contributed by atoms with Gasteiger partial charge in [0.15, 0.2) is 6.10 Å². The number of amides is 1. The Hall–Kier alpha value is -3.02. The number of nitrogens with one attached hydrogen (secondary N) is 1. The van der Waals surface area contributed by atoms with Gasteiger partial charge in [0.1, 0.15) is 17.1 Å². The number of anilines is 1. The van der Waals surface area contributed by atoms with Crippen LogP contribution in [-0.2, 0) is 16.0 Å². The molecule has 0 aromatic heterocycles. The molecule has 0 radical (unpaired) electrons. The fraction of sp³-hybridized carbons (Fsp3) is 0.300. The predicted octanol–water partition coefficient (Wildman–Crippen LogP) is 3.45. The molecule has 1 atom stereocenters. The van der Waals surface area contributed by atoms with Gasteiger partial charge in [-0.15, -0.1) is 0 Å². The molecule has 0 spiro atoms. The largest absolute Gasteiger partial charge is 0.497 e. The lowest BCUT2D eigenvalue weighted by Gasteiger charge is -2.15. The van der Waals surface area contributed by atoms with Gasteiger partial charge >= 0.3 is 5.97 Å². The lowest BCUT2D eigenvalue weighted by molar-refractivity contribution is -0.123. The van der Waals surface area contributed by atoms with Crippen molar-refractivity contribution in [1.29, 1.82) is 0 Å². The van der Waals surface area contributed by atoms with E-state index in [1.165, 1.54) is 32.8 Å². The minimum absolute atomic E-state index is 0.193. The maximum atomic E-state index is 12.4. The zero-order valence-electron chi connectivity index (χ0n) is 15.4. The van der Waals surface area contributed by atoms with Crippen molar-refractivity contribution in [3.05, 3.63) is 53.6 Å². The van der Waals surface area contributed by atoms with E-state index in [1.54, 1.807) is 12.1 Å². The Morgan fingerprint density at radius 2 is 1.73 bits per heavy atom. The molecule has 1 N–H and O–H groups in total. The van der Waals surface area contributed by atoms with Crippen LogP contribution in [-0.4, -0.2) is 32.2 Å². The lowest BCUT2D eigenvalue weighted by atomic mass is 10.1. The Bertz CT molecular complexity index is 770. The first-order chi connectivity index (χ1) is 12.5. The van der Waals surface area contributed by atoms with Crippen LogP contribution in [0, 0.1) is 0 Å². The second-order valence-electron chi connectivity index (χ2n) is 5.65. The molecule has 6 nitrogen and oxygen atoms in total. The van der Waals surface area contributed by atoms with E-state index >= 15 is 0 Å². The minimum Gasteiger partial charge on any atom is -0.497 e. The minimum atomic E-state index is -0.968. The maximum Gasteiger partial charge on any atom is 0.342 e. The number of aryl methyl sites for hydroxylation is 1. The van der Waals surface area contributed by atoms with E-state index in [4.69, 9.17) is 14.2 Å². The summed E-state index contributed by atoms with van der Waals surface area (Å²) in [6.45, 7) is 3.57. The molecule has 0 unspecified atom stereocenters. The molecule has 0 heterocycles. The molecule has 0 saturated carbocycles. The molecule has 2 rings (SSSR count). The van der Waals surface area contributed by atoms with Gasteiger partial charge in [0, 0.05) is 5.69 Å². The number of carbonyl (C=O) groups is 2. The molecule has 0 aliphatic heterocycles. The van der Waals surface area contributed by atoms with E-state index in [-0.39, 0.29) is 5.56 Å². The van der Waals surface area contributed by atoms with E-state index in [9.17, 15) is 9.59 Å². The average molecular weight is 357 g/mol. The van der Waals surface area contributed by atoms with Crippen molar-refractivity contribution >= 4 is 17.6 Å². The van der Waals surface area contributed by atoms with Gasteiger partial charge in [-0.2, -0.15) is 0 Å². The fourth-order valence-electron chi connectivity index (χ4n) is 2.32. The SMILES string of the molecule is CCc1ccc(NC(=O)[C@@H](C)OC(=O)c2cc(OC)ccc2OC)cc1. The highest BCUT2D eigenvalue weighted by atomic mass is 16.5. The number of hydrogen-bond acceptors (Lipinski definition) is 5. The molecule has 1 amide bonds. The lowest BCUT2D eigenvalue weighted by Crippen LogP contribution is -2.30. The standard InChI is InChI=1S/C20H23NO5/c1-5-14-6-8-15(9-7-14)21-19(22)13(2)26-20(23)17-12-16(24-3)10-11-18(17)25-4/h6-13H,5H2,1-4H3,(H,21,22)/t13-/m1/s1. The van der Waals surface area contributed by atoms with Crippen LogP contribution < -0.4 is 14.8 Å². The van der Waals surface area contributed by atoms with Gasteiger partial charge < -0.3 is 19.5 Å². The molecular formula is C20H23NO5. The second kappa shape index (κ2) is 8.89. The molecule has 6 heteroatoms. The van der Waals surface area contributed by atoms with Crippen molar-refractivity contribution in [3.8, 4) is 11.5 Å². The Morgan fingerprint density at radius 1 is 1.04 bits per heavy atom. The van der Waals surface area contributed by atoms with Crippen LogP contribution in [0.3, 0.4) is 0 Å². The first kappa shape index (κ1) is 19.3. The number of esters is 1. The van der Waals surface area contributed by atoms with Gasteiger partial charge in [0.2, 0.25) is 0 Å². The Morgan fingerprint density at radius 3 is 2.31 bits per heavy atom. The molecule has 0 saturated heterocycles. The molecule has 2 aromatic rings. The molecular weight excluding hydrogens is 334 g/mol. The van der Waals surface area contributed by atoms with Gasteiger partial charge in [0.05, 0.1) is 14.2 Å². The number of carbonyl (C=O) groups excluding carboxylic acids is 2. The summed E-state index contributed by atoms with van der Waals surface area (Å²) in [6.07, 6.45) is -0.0470. The third kappa shape index (κ3) is 4.75. The van der Waals surface area contributed by atoms with Gasteiger partial charge in [-0.05, 0) is 49.2 Å². The Labute approximate surface area is 153 Å². The number of rotatable bonds is 7. The summed E-state index contributed by atoms with van der Waals surface area (Å²) < 4.78 is 15.6. The number of ether oxygens (including phenoxy) is 3. The van der Waals surface area contributed by atoms with E-state index < -0.39 is 18.0 Å². The van der Waals surface area contributed by atoms with Crippen molar-refractivity contribution in [3.63, 3.8) is 0 Å². The molecule has 0 aliphatic carbocycles. The van der Waals surface area contributed by atoms with Crippen LogP contribution in [0.4, 0.5) is 5.69 Å². The highest BCUT2D eigenvalue weighted by molar-refractivity contribution is 5.98. The van der Waals surface area contributed by atoms with E-state index in [0.29, 0.717) is 17.2 Å². The highest BCUT2D eigenvalue weighted by Gasteiger charge is 2.22. The number of methoxy groups -OCH3 is 2. The van der Waals surface area contributed by atoms with Crippen LogP contribution >= 0.6 is 0 Å². The molecule has 26 heavy (non-hydrogen) atoms. The first-order valence-corrected chi connectivity index (χ1v) is 8.31. The van der Waals surface area contributed by atoms with Gasteiger partial charge in [-0.3, -0.25) is 4.79 Å². The quantitative estimate of drug-likeness (QED) is 0.768. The molecule has 0 fully saturated rings.